The second-order valence-electron chi connectivity index (χ2n) is 12.7. The van der Waals surface area contributed by atoms with E-state index in [9.17, 15) is 14.9 Å². The number of allylic oxidation sites excluding steroid dienone is 3. The van der Waals surface area contributed by atoms with Crippen molar-refractivity contribution >= 4 is 11.8 Å². The maximum absolute atomic E-state index is 14.0. The van der Waals surface area contributed by atoms with Crippen LogP contribution in [0, 0.1) is 52.3 Å². The largest absolute Gasteiger partial charge is 0.363 e. The van der Waals surface area contributed by atoms with Crippen molar-refractivity contribution in [1.29, 1.82) is 5.26 Å². The summed E-state index contributed by atoms with van der Waals surface area (Å²) in [4.78, 5) is 28.3. The number of nitrogens with zero attached hydrogens (tertiary/aromatic N) is 2. The van der Waals surface area contributed by atoms with Crippen molar-refractivity contribution in [3.63, 3.8) is 0 Å². The Bertz CT molecular complexity index is 955. The van der Waals surface area contributed by atoms with Gasteiger partial charge in [0.15, 0.2) is 0 Å². The summed E-state index contributed by atoms with van der Waals surface area (Å²) in [6.45, 7) is 27.7. The molecule has 6 heteroatoms. The Hall–Kier alpha value is -2.55. The molecule has 3 aliphatic rings. The molecular weight excluding hydrogens is 448 g/mol. The number of nitrogens with one attached hydrogen (secondary N) is 2. The lowest BCUT2D eigenvalue weighted by Crippen LogP contribution is -2.52. The molecule has 2 amide bonds. The van der Waals surface area contributed by atoms with Gasteiger partial charge in [-0.25, -0.2) is 0 Å². The molecule has 3 rings (SSSR count). The minimum atomic E-state index is -0.700. The van der Waals surface area contributed by atoms with Gasteiger partial charge in [0, 0.05) is 30.6 Å². The molecule has 2 N–H and O–H groups in total. The Kier molecular flexibility index (Phi) is 8.43. The molecular formula is C30H46N4O2. The Morgan fingerprint density at radius 3 is 2.50 bits per heavy atom. The molecule has 36 heavy (non-hydrogen) atoms. The lowest BCUT2D eigenvalue weighted by atomic mass is 9.65. The summed E-state index contributed by atoms with van der Waals surface area (Å²) >= 11 is 0. The second-order valence-corrected chi connectivity index (χ2v) is 12.7. The number of rotatable bonds is 8. The number of likely N-dealkylation sites (tertiary alicyclic amines) is 1. The van der Waals surface area contributed by atoms with Crippen LogP contribution in [0.15, 0.2) is 36.6 Å². The first-order valence-electron chi connectivity index (χ1n) is 13.5. The van der Waals surface area contributed by atoms with Crippen molar-refractivity contribution in [1.82, 2.24) is 15.5 Å². The Morgan fingerprint density at radius 2 is 1.97 bits per heavy atom. The minimum absolute atomic E-state index is 0.0284. The first kappa shape index (κ1) is 28.0. The van der Waals surface area contributed by atoms with Crippen LogP contribution in [-0.2, 0) is 9.59 Å². The van der Waals surface area contributed by atoms with Crippen LogP contribution in [0.5, 0.6) is 0 Å². The molecule has 8 atom stereocenters. The van der Waals surface area contributed by atoms with Crippen molar-refractivity contribution in [2.45, 2.75) is 79.3 Å². The summed E-state index contributed by atoms with van der Waals surface area (Å²) in [5, 5.41) is 15.7. The standard InChI is InChI=1S/C30H46N4O2/c1-17(2)12-25(30(7,8)9)21(6)34-16-24-19(4)13-18(3)20(5)26(24)27(34)29(36)33-23(15-31)14-22-10-11-32-28(22)35/h19-20,22-27H,1,3,6,10-14,16H2,2,4-5,7-9H3,(H,32,35)(H,33,36)/t19-,20+,22-,23-,24+,25+,26-,27-/m0/s1. The fraction of sp³-hybridized carbons (Fsp3) is 0.700. The van der Waals surface area contributed by atoms with Crippen molar-refractivity contribution in [2.24, 2.45) is 40.9 Å². The second kappa shape index (κ2) is 10.8. The summed E-state index contributed by atoms with van der Waals surface area (Å²) in [6, 6.07) is 1.12. The summed E-state index contributed by atoms with van der Waals surface area (Å²) in [5.41, 5.74) is 3.23. The number of amides is 2. The van der Waals surface area contributed by atoms with Gasteiger partial charge in [-0.15, -0.1) is 6.58 Å². The van der Waals surface area contributed by atoms with Gasteiger partial charge in [0.2, 0.25) is 11.8 Å². The van der Waals surface area contributed by atoms with E-state index in [1.54, 1.807) is 0 Å². The van der Waals surface area contributed by atoms with Gasteiger partial charge < -0.3 is 15.5 Å². The molecule has 1 aliphatic carbocycles. The average molecular weight is 495 g/mol. The van der Waals surface area contributed by atoms with Gasteiger partial charge in [0.1, 0.15) is 12.1 Å². The molecule has 0 spiro atoms. The molecule has 0 aromatic heterocycles. The first-order chi connectivity index (χ1) is 16.8. The first-order valence-corrected chi connectivity index (χ1v) is 13.5. The van der Waals surface area contributed by atoms with Crippen LogP contribution >= 0.6 is 0 Å². The third-order valence-corrected chi connectivity index (χ3v) is 8.93. The molecule has 2 heterocycles. The number of nitriles is 1. The molecule has 2 aliphatic heterocycles. The van der Waals surface area contributed by atoms with Crippen LogP contribution in [0.2, 0.25) is 0 Å². The zero-order valence-electron chi connectivity index (χ0n) is 23.2. The highest BCUT2D eigenvalue weighted by atomic mass is 16.2. The Balaban J connectivity index is 1.93. The fourth-order valence-electron chi connectivity index (χ4n) is 6.77. The van der Waals surface area contributed by atoms with E-state index in [1.165, 1.54) is 5.57 Å². The highest BCUT2D eigenvalue weighted by Crippen LogP contribution is 2.51. The highest BCUT2D eigenvalue weighted by Gasteiger charge is 2.53. The van der Waals surface area contributed by atoms with Gasteiger partial charge in [0.25, 0.3) is 0 Å². The van der Waals surface area contributed by atoms with E-state index in [4.69, 9.17) is 0 Å². The number of hydrogen-bond acceptors (Lipinski definition) is 4. The van der Waals surface area contributed by atoms with Gasteiger partial charge in [0.05, 0.1) is 6.07 Å². The van der Waals surface area contributed by atoms with E-state index in [0.717, 1.165) is 30.7 Å². The van der Waals surface area contributed by atoms with E-state index in [1.807, 2.05) is 6.92 Å². The SMILES string of the molecule is C=C(C)C[C@H](C(=C)N1C[C@H]2[C@H]([C@H](C)C(=C)C[C@@H]2C)[C@H]1C(=O)N[C@H](C#N)C[C@@H]1CCNC1=O)C(C)(C)C. The molecule has 0 unspecified atom stereocenters. The number of carbonyl (C=O) groups is 2. The molecule has 1 saturated carbocycles. The third kappa shape index (κ3) is 5.71. The maximum atomic E-state index is 14.0. The molecule has 0 aromatic rings. The fourth-order valence-corrected chi connectivity index (χ4v) is 6.77. The van der Waals surface area contributed by atoms with Gasteiger partial charge in [-0.2, -0.15) is 5.26 Å². The molecule has 0 bridgehead atoms. The Labute approximate surface area is 218 Å². The summed E-state index contributed by atoms with van der Waals surface area (Å²) < 4.78 is 0. The Morgan fingerprint density at radius 1 is 1.31 bits per heavy atom. The molecule has 0 radical (unpaired) electrons. The monoisotopic (exact) mass is 494 g/mol. The van der Waals surface area contributed by atoms with Gasteiger partial charge >= 0.3 is 0 Å². The quantitative estimate of drug-likeness (QED) is 0.474. The molecule has 6 nitrogen and oxygen atoms in total. The summed E-state index contributed by atoms with van der Waals surface area (Å²) in [7, 11) is 0. The summed E-state index contributed by atoms with van der Waals surface area (Å²) in [5.74, 6) is 0.844. The normalized spacial score (nSPS) is 31.8. The summed E-state index contributed by atoms with van der Waals surface area (Å²) in [6.07, 6.45) is 2.84. The molecule has 3 fully saturated rings. The molecule has 0 aromatic carbocycles. The van der Waals surface area contributed by atoms with Crippen LogP contribution < -0.4 is 10.6 Å². The van der Waals surface area contributed by atoms with Gasteiger partial charge in [-0.3, -0.25) is 9.59 Å². The topological polar surface area (TPSA) is 85.2 Å². The molecule has 198 valence electrons. The van der Waals surface area contributed by atoms with E-state index in [-0.39, 0.29) is 40.9 Å². The predicted octanol–water partition coefficient (Wildman–Crippen LogP) is 4.81. The maximum Gasteiger partial charge on any atom is 0.244 e. The van der Waals surface area contributed by atoms with E-state index in [2.05, 4.69) is 76.0 Å². The molecule has 2 saturated heterocycles. The number of carbonyl (C=O) groups excluding carboxylic acids is 2. The smallest absolute Gasteiger partial charge is 0.244 e. The van der Waals surface area contributed by atoms with E-state index < -0.39 is 12.1 Å². The van der Waals surface area contributed by atoms with Gasteiger partial charge in [-0.1, -0.05) is 58.9 Å². The van der Waals surface area contributed by atoms with E-state index >= 15 is 0 Å². The van der Waals surface area contributed by atoms with Crippen molar-refractivity contribution < 1.29 is 9.59 Å². The minimum Gasteiger partial charge on any atom is -0.363 e. The average Bonchev–Trinajstić information content (AvgIpc) is 3.38. The van der Waals surface area contributed by atoms with Crippen LogP contribution in [0.3, 0.4) is 0 Å². The number of fused-ring (bicyclic) bond motifs is 1. The van der Waals surface area contributed by atoms with Gasteiger partial charge in [-0.05, 0) is 61.7 Å². The number of hydrogen-bond donors (Lipinski definition) is 2. The van der Waals surface area contributed by atoms with Crippen molar-refractivity contribution in [3.8, 4) is 6.07 Å². The highest BCUT2D eigenvalue weighted by molar-refractivity contribution is 5.84. The van der Waals surface area contributed by atoms with Crippen LogP contribution in [-0.4, -0.2) is 41.9 Å². The zero-order chi connectivity index (χ0) is 26.9. The van der Waals surface area contributed by atoms with Crippen molar-refractivity contribution in [3.05, 3.63) is 36.6 Å². The van der Waals surface area contributed by atoms with Crippen LogP contribution in [0.25, 0.3) is 0 Å². The van der Waals surface area contributed by atoms with Crippen molar-refractivity contribution in [2.75, 3.05) is 13.1 Å². The van der Waals surface area contributed by atoms with Crippen LogP contribution in [0.1, 0.15) is 67.2 Å². The lowest BCUT2D eigenvalue weighted by molar-refractivity contribution is -0.128. The van der Waals surface area contributed by atoms with Crippen LogP contribution in [0.4, 0.5) is 0 Å². The van der Waals surface area contributed by atoms with E-state index in [0.29, 0.717) is 31.2 Å². The zero-order valence-corrected chi connectivity index (χ0v) is 23.2. The third-order valence-electron chi connectivity index (χ3n) is 8.93. The predicted molar refractivity (Wildman–Crippen MR) is 144 cm³/mol. The lowest BCUT2D eigenvalue weighted by Gasteiger charge is -2.41.